The Kier molecular flexibility index (Phi) is 9.21. The van der Waals surface area contributed by atoms with Gasteiger partial charge in [-0.15, -0.1) is 0 Å². The van der Waals surface area contributed by atoms with Crippen LogP contribution in [0.1, 0.15) is 85.5 Å². The van der Waals surface area contributed by atoms with Crippen molar-refractivity contribution >= 4 is 12.1 Å². The zero-order valence-corrected chi connectivity index (χ0v) is 17.9. The molecule has 27 heavy (non-hydrogen) atoms. The molecule has 0 saturated heterocycles. The standard InChI is InChI=1S/C17H24O.C5H10O2.C2H6/c18-13-6-9-15-12(10-13)5-8-16-14-3-1-2-11(14)4-7-17(15)16;1-5(2)7-4-3-6;1-2/h10-11,14-17H,1-9H2;3,5H,4H2,1-2H3;1-2H3. The van der Waals surface area contributed by atoms with Gasteiger partial charge in [0.25, 0.3) is 0 Å². The number of fused-ring (bicyclic) bond motifs is 5. The molecule has 0 N–H and O–H groups in total. The van der Waals surface area contributed by atoms with Crippen LogP contribution in [0.5, 0.6) is 0 Å². The zero-order valence-electron chi connectivity index (χ0n) is 17.9. The van der Waals surface area contributed by atoms with E-state index in [-0.39, 0.29) is 12.7 Å². The second-order valence-corrected chi connectivity index (χ2v) is 8.68. The number of rotatable bonds is 3. The van der Waals surface area contributed by atoms with Crippen molar-refractivity contribution in [2.75, 3.05) is 6.61 Å². The lowest BCUT2D eigenvalue weighted by molar-refractivity contribution is -0.116. The summed E-state index contributed by atoms with van der Waals surface area (Å²) in [6.07, 6.45) is 15.0. The number of ether oxygens (including phenoxy) is 1. The number of hydrogen-bond acceptors (Lipinski definition) is 3. The van der Waals surface area contributed by atoms with Crippen molar-refractivity contribution in [1.82, 2.24) is 0 Å². The highest BCUT2D eigenvalue weighted by Crippen LogP contribution is 2.56. The number of hydrogen-bond donors (Lipinski definition) is 0. The van der Waals surface area contributed by atoms with Gasteiger partial charge in [0.2, 0.25) is 0 Å². The summed E-state index contributed by atoms with van der Waals surface area (Å²) >= 11 is 0. The Morgan fingerprint density at radius 3 is 2.44 bits per heavy atom. The highest BCUT2D eigenvalue weighted by molar-refractivity contribution is 5.91. The molecule has 3 nitrogen and oxygen atoms in total. The quantitative estimate of drug-likeness (QED) is 0.588. The molecule has 0 aromatic rings. The molecular formula is C24H40O3. The first-order chi connectivity index (χ1) is 13.1. The van der Waals surface area contributed by atoms with Crippen molar-refractivity contribution in [2.24, 2.45) is 29.6 Å². The summed E-state index contributed by atoms with van der Waals surface area (Å²) in [7, 11) is 0. The maximum absolute atomic E-state index is 11.6. The summed E-state index contributed by atoms with van der Waals surface area (Å²) in [4.78, 5) is 21.2. The first-order valence-electron chi connectivity index (χ1n) is 11.4. The molecule has 154 valence electrons. The molecule has 4 rings (SSSR count). The first kappa shape index (κ1) is 22.3. The molecule has 0 heterocycles. The van der Waals surface area contributed by atoms with E-state index in [1.165, 1.54) is 56.9 Å². The molecule has 5 atom stereocenters. The van der Waals surface area contributed by atoms with Gasteiger partial charge in [0.05, 0.1) is 6.10 Å². The Morgan fingerprint density at radius 1 is 1.00 bits per heavy atom. The molecule has 4 aliphatic carbocycles. The van der Waals surface area contributed by atoms with E-state index in [9.17, 15) is 9.59 Å². The SMILES string of the molecule is CC.CC(C)OCC=O.O=C1C=C2CCC3C4CCCC4CCC3C2CC1. The minimum Gasteiger partial charge on any atom is -0.371 e. The van der Waals surface area contributed by atoms with E-state index in [1.54, 1.807) is 0 Å². The maximum Gasteiger partial charge on any atom is 0.155 e. The summed E-state index contributed by atoms with van der Waals surface area (Å²) in [5.41, 5.74) is 1.53. The molecule has 3 heteroatoms. The summed E-state index contributed by atoms with van der Waals surface area (Å²) in [5, 5.41) is 0. The monoisotopic (exact) mass is 376 g/mol. The first-order valence-corrected chi connectivity index (χ1v) is 11.4. The minimum absolute atomic E-state index is 0.171. The molecule has 4 aliphatic rings. The average molecular weight is 377 g/mol. The third kappa shape index (κ3) is 5.76. The lowest BCUT2D eigenvalue weighted by atomic mass is 9.56. The molecule has 0 aromatic carbocycles. The number of aldehydes is 1. The van der Waals surface area contributed by atoms with E-state index in [2.05, 4.69) is 0 Å². The number of carbonyl (C=O) groups excluding carboxylic acids is 2. The van der Waals surface area contributed by atoms with E-state index >= 15 is 0 Å². The van der Waals surface area contributed by atoms with Crippen LogP contribution in [0.15, 0.2) is 11.6 Å². The van der Waals surface area contributed by atoms with Crippen LogP contribution in [-0.2, 0) is 14.3 Å². The Labute approximate surface area is 166 Å². The van der Waals surface area contributed by atoms with Gasteiger partial charge in [0, 0.05) is 6.42 Å². The van der Waals surface area contributed by atoms with Gasteiger partial charge >= 0.3 is 0 Å². The molecule has 0 aliphatic heterocycles. The molecule has 0 amide bonds. The highest BCUT2D eigenvalue weighted by Gasteiger charge is 2.47. The van der Waals surface area contributed by atoms with Crippen molar-refractivity contribution < 1.29 is 14.3 Å². The fourth-order valence-electron chi connectivity index (χ4n) is 6.03. The second kappa shape index (κ2) is 11.1. The van der Waals surface area contributed by atoms with Crippen LogP contribution in [0.25, 0.3) is 0 Å². The van der Waals surface area contributed by atoms with Gasteiger partial charge in [-0.05, 0) is 88.0 Å². The minimum atomic E-state index is 0.171. The number of allylic oxidation sites excluding steroid dienone is 1. The number of ketones is 1. The fourth-order valence-corrected chi connectivity index (χ4v) is 6.03. The highest BCUT2D eigenvalue weighted by atomic mass is 16.5. The van der Waals surface area contributed by atoms with Crippen molar-refractivity contribution in [3.05, 3.63) is 11.6 Å². The van der Waals surface area contributed by atoms with E-state index in [4.69, 9.17) is 4.74 Å². The number of carbonyl (C=O) groups is 2. The third-order valence-electron chi connectivity index (χ3n) is 6.99. The third-order valence-corrected chi connectivity index (χ3v) is 6.99. The van der Waals surface area contributed by atoms with Crippen molar-refractivity contribution in [3.8, 4) is 0 Å². The van der Waals surface area contributed by atoms with Gasteiger partial charge in [-0.2, -0.15) is 0 Å². The van der Waals surface area contributed by atoms with Gasteiger partial charge in [0.15, 0.2) is 5.78 Å². The second-order valence-electron chi connectivity index (χ2n) is 8.68. The zero-order chi connectivity index (χ0) is 19.8. The average Bonchev–Trinajstić information content (AvgIpc) is 3.17. The molecule has 3 saturated carbocycles. The largest absolute Gasteiger partial charge is 0.371 e. The van der Waals surface area contributed by atoms with Crippen molar-refractivity contribution in [3.63, 3.8) is 0 Å². The summed E-state index contributed by atoms with van der Waals surface area (Å²) in [6, 6.07) is 0. The topological polar surface area (TPSA) is 43.4 Å². The van der Waals surface area contributed by atoms with E-state index in [1.807, 2.05) is 33.8 Å². The molecule has 5 unspecified atom stereocenters. The Bertz CT molecular complexity index is 508. The van der Waals surface area contributed by atoms with Crippen LogP contribution >= 0.6 is 0 Å². The van der Waals surface area contributed by atoms with Gasteiger partial charge in [-0.25, -0.2) is 0 Å². The fraction of sp³-hybridized carbons (Fsp3) is 0.833. The predicted molar refractivity (Wildman–Crippen MR) is 111 cm³/mol. The molecule has 0 aromatic heterocycles. The smallest absolute Gasteiger partial charge is 0.155 e. The van der Waals surface area contributed by atoms with Gasteiger partial charge in [-0.1, -0.05) is 32.3 Å². The van der Waals surface area contributed by atoms with E-state index in [0.29, 0.717) is 5.78 Å². The van der Waals surface area contributed by atoms with Crippen LogP contribution < -0.4 is 0 Å². The predicted octanol–water partition coefficient (Wildman–Crippen LogP) is 5.76. The van der Waals surface area contributed by atoms with Crippen LogP contribution in [-0.4, -0.2) is 24.8 Å². The molecule has 3 fully saturated rings. The summed E-state index contributed by atoms with van der Waals surface area (Å²) in [5.74, 6) is 5.28. The van der Waals surface area contributed by atoms with Gasteiger partial charge < -0.3 is 9.53 Å². The molecule has 0 bridgehead atoms. The normalized spacial score (nSPS) is 34.0. The summed E-state index contributed by atoms with van der Waals surface area (Å²) in [6.45, 7) is 8.00. The Hall–Kier alpha value is -0.960. The van der Waals surface area contributed by atoms with Crippen LogP contribution in [0.3, 0.4) is 0 Å². The van der Waals surface area contributed by atoms with Crippen LogP contribution in [0.2, 0.25) is 0 Å². The van der Waals surface area contributed by atoms with Gasteiger partial charge in [0.1, 0.15) is 12.9 Å². The lowest BCUT2D eigenvalue weighted by Gasteiger charge is -2.49. The van der Waals surface area contributed by atoms with Crippen LogP contribution in [0.4, 0.5) is 0 Å². The van der Waals surface area contributed by atoms with Gasteiger partial charge in [-0.3, -0.25) is 4.79 Å². The maximum atomic E-state index is 11.6. The lowest BCUT2D eigenvalue weighted by Crippen LogP contribution is -2.40. The van der Waals surface area contributed by atoms with Crippen molar-refractivity contribution in [1.29, 1.82) is 0 Å². The molecular weight excluding hydrogens is 336 g/mol. The molecule has 0 radical (unpaired) electrons. The Morgan fingerprint density at radius 2 is 1.78 bits per heavy atom. The van der Waals surface area contributed by atoms with E-state index in [0.717, 1.165) is 42.3 Å². The van der Waals surface area contributed by atoms with Crippen molar-refractivity contribution in [2.45, 2.75) is 91.6 Å². The molecule has 0 spiro atoms. The van der Waals surface area contributed by atoms with E-state index < -0.39 is 0 Å². The summed E-state index contributed by atoms with van der Waals surface area (Å²) < 4.78 is 4.82. The Balaban J connectivity index is 0.000000250. The van der Waals surface area contributed by atoms with Crippen LogP contribution in [0, 0.1) is 29.6 Å².